The summed E-state index contributed by atoms with van der Waals surface area (Å²) >= 11 is 0. The SMILES string of the molecule is Fc1ccc2ccc(N3CC(c4nccnc4N4CCC(c5ccc6ccccc6n5)CC4)C3)nc2c1. The van der Waals surface area contributed by atoms with Crippen molar-refractivity contribution in [1.29, 1.82) is 0 Å². The Labute approximate surface area is 214 Å². The summed E-state index contributed by atoms with van der Waals surface area (Å²) in [5.41, 5.74) is 4.01. The zero-order chi connectivity index (χ0) is 24.8. The van der Waals surface area contributed by atoms with Gasteiger partial charge in [-0.25, -0.2) is 14.4 Å². The molecule has 0 saturated carbocycles. The molecule has 0 aliphatic carbocycles. The van der Waals surface area contributed by atoms with E-state index in [0.29, 0.717) is 17.4 Å². The van der Waals surface area contributed by atoms with Gasteiger partial charge < -0.3 is 9.80 Å². The Morgan fingerprint density at radius 2 is 1.46 bits per heavy atom. The summed E-state index contributed by atoms with van der Waals surface area (Å²) in [4.78, 5) is 23.8. The molecule has 0 bridgehead atoms. The summed E-state index contributed by atoms with van der Waals surface area (Å²) in [6.45, 7) is 3.55. The van der Waals surface area contributed by atoms with E-state index < -0.39 is 0 Å². The number of hydrogen-bond donors (Lipinski definition) is 0. The van der Waals surface area contributed by atoms with Crippen molar-refractivity contribution >= 4 is 33.4 Å². The predicted octanol–water partition coefficient (Wildman–Crippen LogP) is 5.70. The average Bonchev–Trinajstić information content (AvgIpc) is 2.92. The van der Waals surface area contributed by atoms with E-state index in [1.165, 1.54) is 23.2 Å². The first kappa shape index (κ1) is 22.1. The van der Waals surface area contributed by atoms with Crippen molar-refractivity contribution in [2.75, 3.05) is 36.0 Å². The molecule has 184 valence electrons. The van der Waals surface area contributed by atoms with Crippen LogP contribution in [-0.2, 0) is 0 Å². The zero-order valence-electron chi connectivity index (χ0n) is 20.5. The van der Waals surface area contributed by atoms with Crippen molar-refractivity contribution in [2.45, 2.75) is 24.7 Å². The number of halogens is 1. The molecule has 2 saturated heterocycles. The third-order valence-electron chi connectivity index (χ3n) is 7.77. The van der Waals surface area contributed by atoms with Crippen molar-refractivity contribution in [1.82, 2.24) is 19.9 Å². The van der Waals surface area contributed by atoms with Crippen molar-refractivity contribution in [2.24, 2.45) is 0 Å². The summed E-state index contributed by atoms with van der Waals surface area (Å²) in [6, 6.07) is 21.4. The molecule has 0 atom stereocenters. The number of hydrogen-bond acceptors (Lipinski definition) is 6. The molecule has 2 aliphatic rings. The summed E-state index contributed by atoms with van der Waals surface area (Å²) in [5, 5.41) is 2.13. The Morgan fingerprint density at radius 3 is 2.35 bits per heavy atom. The molecule has 6 nitrogen and oxygen atoms in total. The molecule has 2 aliphatic heterocycles. The number of para-hydroxylation sites is 1. The van der Waals surface area contributed by atoms with Crippen LogP contribution in [0.4, 0.5) is 16.0 Å². The van der Waals surface area contributed by atoms with Gasteiger partial charge in [0.1, 0.15) is 11.6 Å². The van der Waals surface area contributed by atoms with Crippen molar-refractivity contribution in [3.05, 3.63) is 96.3 Å². The molecular weight excluding hydrogens is 463 g/mol. The van der Waals surface area contributed by atoms with Crippen LogP contribution in [0.15, 0.2) is 79.1 Å². The van der Waals surface area contributed by atoms with Gasteiger partial charge in [0.25, 0.3) is 0 Å². The highest BCUT2D eigenvalue weighted by molar-refractivity contribution is 5.80. The quantitative estimate of drug-likeness (QED) is 0.322. The van der Waals surface area contributed by atoms with E-state index in [1.54, 1.807) is 18.5 Å². The summed E-state index contributed by atoms with van der Waals surface area (Å²) in [6.07, 6.45) is 5.70. The van der Waals surface area contributed by atoms with Crippen molar-refractivity contribution < 1.29 is 4.39 Å². The van der Waals surface area contributed by atoms with E-state index in [1.807, 2.05) is 12.1 Å². The van der Waals surface area contributed by atoms with Crippen molar-refractivity contribution in [3.8, 4) is 0 Å². The molecule has 7 rings (SSSR count). The van der Waals surface area contributed by atoms with Gasteiger partial charge in [0.05, 0.1) is 16.7 Å². The first-order valence-electron chi connectivity index (χ1n) is 12.9. The van der Waals surface area contributed by atoms with Crippen LogP contribution in [0, 0.1) is 5.82 Å². The number of benzene rings is 2. The maximum absolute atomic E-state index is 13.7. The Hall–Kier alpha value is -4.13. The molecular formula is C30H27FN6. The Morgan fingerprint density at radius 1 is 0.703 bits per heavy atom. The fourth-order valence-electron chi connectivity index (χ4n) is 5.66. The van der Waals surface area contributed by atoms with E-state index in [4.69, 9.17) is 15.0 Å². The number of piperidine rings is 1. The second-order valence-electron chi connectivity index (χ2n) is 10.1. The lowest BCUT2D eigenvalue weighted by Crippen LogP contribution is -2.47. The molecule has 5 aromatic rings. The van der Waals surface area contributed by atoms with Gasteiger partial charge in [0.15, 0.2) is 5.82 Å². The second-order valence-corrected chi connectivity index (χ2v) is 10.1. The molecule has 0 unspecified atom stereocenters. The van der Waals surface area contributed by atoms with Gasteiger partial charge in [-0.2, -0.15) is 0 Å². The molecule has 3 aromatic heterocycles. The lowest BCUT2D eigenvalue weighted by atomic mass is 9.91. The van der Waals surface area contributed by atoms with Crippen LogP contribution in [0.5, 0.6) is 0 Å². The normalized spacial score (nSPS) is 16.9. The van der Waals surface area contributed by atoms with Crippen LogP contribution >= 0.6 is 0 Å². The molecule has 5 heterocycles. The van der Waals surface area contributed by atoms with Crippen LogP contribution in [-0.4, -0.2) is 46.1 Å². The molecule has 2 fully saturated rings. The van der Waals surface area contributed by atoms with Gasteiger partial charge in [0.2, 0.25) is 0 Å². The van der Waals surface area contributed by atoms with Crippen LogP contribution in [0.2, 0.25) is 0 Å². The maximum Gasteiger partial charge on any atom is 0.150 e. The fraction of sp³-hybridized carbons (Fsp3) is 0.267. The molecule has 7 heteroatoms. The standard InChI is InChI=1S/C30H27FN6/c31-24-8-5-21-7-10-28(35-27(21)17-24)37-18-23(19-37)29-30(33-14-13-32-29)36-15-11-22(12-16-36)26-9-6-20-3-1-2-4-25(20)34-26/h1-10,13-14,17,22-23H,11-12,15-16,18-19H2. The molecule has 37 heavy (non-hydrogen) atoms. The number of anilines is 2. The largest absolute Gasteiger partial charge is 0.355 e. The first-order valence-corrected chi connectivity index (χ1v) is 12.9. The smallest absolute Gasteiger partial charge is 0.150 e. The third-order valence-corrected chi connectivity index (χ3v) is 7.77. The monoisotopic (exact) mass is 490 g/mol. The molecule has 0 N–H and O–H groups in total. The second kappa shape index (κ2) is 9.07. The summed E-state index contributed by atoms with van der Waals surface area (Å²) < 4.78 is 13.7. The van der Waals surface area contributed by atoms with E-state index in [-0.39, 0.29) is 5.82 Å². The summed E-state index contributed by atoms with van der Waals surface area (Å²) in [7, 11) is 0. The van der Waals surface area contributed by atoms with E-state index in [0.717, 1.165) is 67.3 Å². The Kier molecular flexibility index (Phi) is 5.42. The molecule has 0 spiro atoms. The minimum Gasteiger partial charge on any atom is -0.355 e. The van der Waals surface area contributed by atoms with Gasteiger partial charge >= 0.3 is 0 Å². The minimum atomic E-state index is -0.261. The lowest BCUT2D eigenvalue weighted by Gasteiger charge is -2.41. The van der Waals surface area contributed by atoms with E-state index in [9.17, 15) is 4.39 Å². The molecule has 2 aromatic carbocycles. The van der Waals surface area contributed by atoms with Crippen molar-refractivity contribution in [3.63, 3.8) is 0 Å². The first-order chi connectivity index (χ1) is 18.2. The minimum absolute atomic E-state index is 0.261. The molecule has 0 amide bonds. The van der Waals surface area contributed by atoms with Crippen LogP contribution in [0.1, 0.15) is 36.1 Å². The van der Waals surface area contributed by atoms with Crippen LogP contribution < -0.4 is 9.80 Å². The number of pyridine rings is 2. The summed E-state index contributed by atoms with van der Waals surface area (Å²) in [5.74, 6) is 2.38. The average molecular weight is 491 g/mol. The van der Waals surface area contributed by atoms with Gasteiger partial charge in [-0.3, -0.25) is 9.97 Å². The zero-order valence-corrected chi connectivity index (χ0v) is 20.5. The number of nitrogens with zero attached hydrogens (tertiary/aromatic N) is 6. The maximum atomic E-state index is 13.7. The van der Waals surface area contributed by atoms with Gasteiger partial charge in [-0.1, -0.05) is 24.3 Å². The number of aromatic nitrogens is 4. The van der Waals surface area contributed by atoms with E-state index >= 15 is 0 Å². The third kappa shape index (κ3) is 4.14. The highest BCUT2D eigenvalue weighted by Gasteiger charge is 2.34. The van der Waals surface area contributed by atoms with Gasteiger partial charge in [-0.15, -0.1) is 0 Å². The van der Waals surface area contributed by atoms with Crippen LogP contribution in [0.3, 0.4) is 0 Å². The lowest BCUT2D eigenvalue weighted by molar-refractivity contribution is 0.480. The Balaban J connectivity index is 1.04. The van der Waals surface area contributed by atoms with Gasteiger partial charge in [0, 0.05) is 72.9 Å². The Bertz CT molecular complexity index is 1590. The molecule has 0 radical (unpaired) electrons. The van der Waals surface area contributed by atoms with E-state index in [2.05, 4.69) is 51.2 Å². The van der Waals surface area contributed by atoms with Crippen LogP contribution in [0.25, 0.3) is 21.8 Å². The fourth-order valence-corrected chi connectivity index (χ4v) is 5.66. The number of fused-ring (bicyclic) bond motifs is 2. The highest BCUT2D eigenvalue weighted by atomic mass is 19.1. The highest BCUT2D eigenvalue weighted by Crippen LogP contribution is 2.36. The number of rotatable bonds is 4. The predicted molar refractivity (Wildman–Crippen MR) is 145 cm³/mol. The topological polar surface area (TPSA) is 58.0 Å². The van der Waals surface area contributed by atoms with Gasteiger partial charge in [-0.05, 0) is 49.2 Å².